The molecule has 0 heterocycles. The van der Waals surface area contributed by atoms with Crippen LogP contribution in [-0.2, 0) is 5.41 Å². The largest absolute Gasteiger partial charge is 1.00 e. The molecule has 1 aromatic carbocycles. The first-order chi connectivity index (χ1) is 7.80. The number of benzene rings is 1. The van der Waals surface area contributed by atoms with Crippen LogP contribution < -0.4 is 51.4 Å². The topological polar surface area (TPSA) is 0 Å². The van der Waals surface area contributed by atoms with Gasteiger partial charge in [-0.3, -0.25) is 0 Å². The molecule has 7 heteroatoms. The maximum Gasteiger partial charge on any atom is 1.00 e. The van der Waals surface area contributed by atoms with Crippen LogP contribution in [0.2, 0.25) is 15.4 Å². The molecule has 0 atom stereocenters. The Bertz CT molecular complexity index is 484. The SMILES string of the molecule is F[B-](F)(F)C12CC(c3cccc(Cl)c3Cl)(C1)C2.[K+]. The molecular formula is C11H9BCl2F3K. The van der Waals surface area contributed by atoms with Crippen LogP contribution >= 0.6 is 23.2 Å². The van der Waals surface area contributed by atoms with Gasteiger partial charge in [0, 0.05) is 0 Å². The van der Waals surface area contributed by atoms with Crippen molar-refractivity contribution in [2.24, 2.45) is 0 Å². The zero-order valence-electron chi connectivity index (χ0n) is 9.82. The van der Waals surface area contributed by atoms with Crippen molar-refractivity contribution in [2.75, 3.05) is 0 Å². The van der Waals surface area contributed by atoms with E-state index in [0.29, 0.717) is 10.0 Å². The molecule has 0 spiro atoms. The summed E-state index contributed by atoms with van der Waals surface area (Å²) in [5.41, 5.74) is 0.424. The summed E-state index contributed by atoms with van der Waals surface area (Å²) in [4.78, 5) is 0. The number of hydrogen-bond donors (Lipinski definition) is 0. The van der Waals surface area contributed by atoms with Gasteiger partial charge in [-0.2, -0.15) is 0 Å². The minimum atomic E-state index is -4.73. The molecule has 92 valence electrons. The monoisotopic (exact) mass is 318 g/mol. The number of rotatable bonds is 2. The van der Waals surface area contributed by atoms with E-state index in [9.17, 15) is 12.9 Å². The van der Waals surface area contributed by atoms with Gasteiger partial charge in [-0.15, -0.1) is 0 Å². The van der Waals surface area contributed by atoms with Crippen LogP contribution in [0.25, 0.3) is 0 Å². The molecule has 0 unspecified atom stereocenters. The second-order valence-corrected chi connectivity index (χ2v) is 6.13. The quantitative estimate of drug-likeness (QED) is 0.732. The predicted octanol–water partition coefficient (Wildman–Crippen LogP) is 2.02. The van der Waals surface area contributed by atoms with E-state index >= 15 is 0 Å². The van der Waals surface area contributed by atoms with Gasteiger partial charge in [0.1, 0.15) is 0 Å². The zero-order valence-corrected chi connectivity index (χ0v) is 14.5. The fraction of sp³-hybridized carbons (Fsp3) is 0.455. The fourth-order valence-electron chi connectivity index (χ4n) is 3.41. The molecular weight excluding hydrogens is 310 g/mol. The molecule has 3 fully saturated rings. The van der Waals surface area contributed by atoms with Crippen molar-refractivity contribution in [3.05, 3.63) is 33.8 Å². The summed E-state index contributed by atoms with van der Waals surface area (Å²) in [6, 6.07) is 5.19. The minimum Gasteiger partial charge on any atom is -0.449 e. The molecule has 0 nitrogen and oxygen atoms in total. The summed E-state index contributed by atoms with van der Waals surface area (Å²) in [6.45, 7) is -4.73. The molecule has 4 rings (SSSR count). The van der Waals surface area contributed by atoms with Crippen molar-refractivity contribution in [2.45, 2.75) is 30.0 Å². The van der Waals surface area contributed by atoms with Gasteiger partial charge in [-0.05, 0) is 17.0 Å². The first-order valence-electron chi connectivity index (χ1n) is 5.44. The van der Waals surface area contributed by atoms with E-state index in [4.69, 9.17) is 23.2 Å². The van der Waals surface area contributed by atoms with Crippen LogP contribution in [0, 0.1) is 0 Å². The summed E-state index contributed by atoms with van der Waals surface area (Å²) in [5, 5.41) is -0.552. The van der Waals surface area contributed by atoms with Crippen molar-refractivity contribution < 1.29 is 64.3 Å². The van der Waals surface area contributed by atoms with Crippen molar-refractivity contribution in [1.29, 1.82) is 0 Å². The summed E-state index contributed by atoms with van der Waals surface area (Å²) in [6.07, 6.45) is 0.552. The van der Waals surface area contributed by atoms with Crippen molar-refractivity contribution in [3.63, 3.8) is 0 Å². The summed E-state index contributed by atoms with van der Waals surface area (Å²) in [7, 11) is 0. The molecule has 0 N–H and O–H groups in total. The first kappa shape index (κ1) is 15.7. The number of halogens is 5. The van der Waals surface area contributed by atoms with E-state index in [2.05, 4.69) is 0 Å². The Balaban J connectivity index is 0.00000120. The Labute approximate surface area is 156 Å². The molecule has 3 saturated carbocycles. The Morgan fingerprint density at radius 1 is 1.06 bits per heavy atom. The maximum absolute atomic E-state index is 12.8. The van der Waals surface area contributed by atoms with Crippen LogP contribution in [0.3, 0.4) is 0 Å². The van der Waals surface area contributed by atoms with Crippen LogP contribution in [0.1, 0.15) is 24.8 Å². The van der Waals surface area contributed by atoms with Gasteiger partial charge in [0.05, 0.1) is 10.0 Å². The third kappa shape index (κ3) is 1.97. The molecule has 0 saturated heterocycles. The molecule has 3 aliphatic rings. The molecule has 0 aromatic heterocycles. The van der Waals surface area contributed by atoms with Crippen LogP contribution in [0.4, 0.5) is 12.9 Å². The molecule has 0 aliphatic heterocycles. The maximum atomic E-state index is 12.8. The molecule has 1 aromatic rings. The second kappa shape index (κ2) is 4.65. The van der Waals surface area contributed by atoms with Crippen LogP contribution in [-0.4, -0.2) is 6.98 Å². The smallest absolute Gasteiger partial charge is 0.449 e. The Morgan fingerprint density at radius 3 is 2.11 bits per heavy atom. The number of hydrogen-bond acceptors (Lipinski definition) is 0. The van der Waals surface area contributed by atoms with E-state index < -0.39 is 12.3 Å². The third-order valence-corrected chi connectivity index (χ3v) is 5.11. The summed E-state index contributed by atoms with van der Waals surface area (Å²) < 4.78 is 38.4. The molecule has 0 amide bonds. The van der Waals surface area contributed by atoms with E-state index in [1.807, 2.05) is 0 Å². The standard InChI is InChI=1S/C11H9BCl2F3.K/c13-8-3-1-2-7(9(8)14)10-4-11(5-10,6-10)12(15,16)17;/h1-3H,4-6H2;/q-1;+1. The van der Waals surface area contributed by atoms with Gasteiger partial charge in [0.25, 0.3) is 0 Å². The van der Waals surface area contributed by atoms with Gasteiger partial charge >= 0.3 is 58.4 Å². The van der Waals surface area contributed by atoms with Crippen molar-refractivity contribution in [3.8, 4) is 0 Å². The second-order valence-electron chi connectivity index (χ2n) is 5.35. The van der Waals surface area contributed by atoms with Gasteiger partial charge < -0.3 is 12.9 Å². The Morgan fingerprint density at radius 2 is 1.61 bits per heavy atom. The fourth-order valence-corrected chi connectivity index (χ4v) is 3.91. The summed E-state index contributed by atoms with van der Waals surface area (Å²) in [5.74, 6) is 0. The van der Waals surface area contributed by atoms with Gasteiger partial charge in [0.2, 0.25) is 0 Å². The molecule has 3 aliphatic carbocycles. The molecule has 0 radical (unpaired) electrons. The normalized spacial score (nSPS) is 33.2. The summed E-state index contributed by atoms with van der Waals surface area (Å²) >= 11 is 12.0. The van der Waals surface area contributed by atoms with E-state index in [0.717, 1.165) is 5.56 Å². The van der Waals surface area contributed by atoms with E-state index in [1.165, 1.54) is 0 Å². The van der Waals surface area contributed by atoms with Crippen LogP contribution in [0.15, 0.2) is 18.2 Å². The van der Waals surface area contributed by atoms with Crippen molar-refractivity contribution >= 4 is 30.2 Å². The predicted molar refractivity (Wildman–Crippen MR) is 63.8 cm³/mol. The minimum absolute atomic E-state index is 0. The van der Waals surface area contributed by atoms with Crippen molar-refractivity contribution in [1.82, 2.24) is 0 Å². The van der Waals surface area contributed by atoms with E-state index in [-0.39, 0.29) is 76.1 Å². The average Bonchev–Trinajstić information content (AvgIpc) is 2.05. The van der Waals surface area contributed by atoms with Gasteiger partial charge in [0.15, 0.2) is 0 Å². The molecule has 18 heavy (non-hydrogen) atoms. The van der Waals surface area contributed by atoms with E-state index in [1.54, 1.807) is 18.2 Å². The van der Waals surface area contributed by atoms with Gasteiger partial charge in [-0.25, -0.2) is 0 Å². The zero-order chi connectivity index (χ0) is 12.5. The molecule has 2 bridgehead atoms. The Hall–Kier alpha value is 1.29. The Kier molecular flexibility index (Phi) is 4.05. The van der Waals surface area contributed by atoms with Gasteiger partial charge in [-0.1, -0.05) is 59.9 Å². The first-order valence-corrected chi connectivity index (χ1v) is 6.19. The van der Waals surface area contributed by atoms with Crippen LogP contribution in [0.5, 0.6) is 0 Å². The average molecular weight is 319 g/mol. The third-order valence-electron chi connectivity index (χ3n) is 4.29.